The Morgan fingerprint density at radius 1 is 1.05 bits per heavy atom. The van der Waals surface area contributed by atoms with Crippen LogP contribution in [0.3, 0.4) is 0 Å². The van der Waals surface area contributed by atoms with Crippen molar-refractivity contribution in [2.24, 2.45) is 5.73 Å². The first kappa shape index (κ1) is 30.5. The molecular formula is C33H38ClN5O4. The van der Waals surface area contributed by atoms with E-state index in [1.54, 1.807) is 24.3 Å². The summed E-state index contributed by atoms with van der Waals surface area (Å²) in [4.78, 5) is 57.1. The molecule has 0 aromatic heterocycles. The Labute approximate surface area is 256 Å². The standard InChI is InChI=1S/C33H38ClN5O4/c1-21-15-17-38(28(31(35)41)19-23-10-6-9-22-8-2-3-13-26(22)23)33(43)30(24-11-7-12-25(34)18-24)39(21)29(40)20-37-32(42)27-14-4-5-16-36-27/h2-3,6-13,18,21,27-28,30,36H,4-5,14-17,19-20H2,1H3,(H2,35,41)(H,37,42). The first-order chi connectivity index (χ1) is 20.7. The van der Waals surface area contributed by atoms with Crippen molar-refractivity contribution in [1.82, 2.24) is 20.4 Å². The van der Waals surface area contributed by atoms with E-state index in [0.29, 0.717) is 23.4 Å². The molecule has 3 aromatic rings. The van der Waals surface area contributed by atoms with E-state index in [0.717, 1.165) is 35.7 Å². The van der Waals surface area contributed by atoms with Gasteiger partial charge in [0, 0.05) is 24.0 Å². The van der Waals surface area contributed by atoms with Crippen LogP contribution in [-0.4, -0.2) is 71.2 Å². The van der Waals surface area contributed by atoms with Crippen molar-refractivity contribution in [3.8, 4) is 0 Å². The van der Waals surface area contributed by atoms with Crippen LogP contribution in [0.25, 0.3) is 10.8 Å². The summed E-state index contributed by atoms with van der Waals surface area (Å²) in [5, 5.41) is 8.39. The molecule has 2 aliphatic rings. The van der Waals surface area contributed by atoms with Crippen LogP contribution in [0, 0.1) is 0 Å². The van der Waals surface area contributed by atoms with Crippen molar-refractivity contribution in [1.29, 1.82) is 0 Å². The lowest BCUT2D eigenvalue weighted by atomic mass is 9.96. The fourth-order valence-corrected chi connectivity index (χ4v) is 6.48. The number of nitrogens with zero attached hydrogens (tertiary/aromatic N) is 2. The Morgan fingerprint density at radius 2 is 1.81 bits per heavy atom. The van der Waals surface area contributed by atoms with Gasteiger partial charge >= 0.3 is 0 Å². The van der Waals surface area contributed by atoms with Gasteiger partial charge in [-0.3, -0.25) is 19.2 Å². The van der Waals surface area contributed by atoms with Gasteiger partial charge in [-0.2, -0.15) is 0 Å². The van der Waals surface area contributed by atoms with Crippen LogP contribution >= 0.6 is 11.6 Å². The number of rotatable bonds is 8. The summed E-state index contributed by atoms with van der Waals surface area (Å²) in [6.07, 6.45) is 3.33. The highest BCUT2D eigenvalue weighted by Gasteiger charge is 2.43. The summed E-state index contributed by atoms with van der Waals surface area (Å²) in [5.41, 5.74) is 7.40. The molecule has 2 aliphatic heterocycles. The van der Waals surface area contributed by atoms with Crippen molar-refractivity contribution in [3.63, 3.8) is 0 Å². The lowest BCUT2D eigenvalue weighted by Gasteiger charge is -2.36. The number of primary amides is 1. The molecule has 226 valence electrons. The fourth-order valence-electron chi connectivity index (χ4n) is 6.28. The normalized spacial score (nSPS) is 21.7. The molecule has 3 aromatic carbocycles. The van der Waals surface area contributed by atoms with Crippen LogP contribution < -0.4 is 16.4 Å². The molecule has 4 atom stereocenters. The number of nitrogens with two attached hydrogens (primary N) is 1. The molecule has 4 N–H and O–H groups in total. The Kier molecular flexibility index (Phi) is 9.62. The van der Waals surface area contributed by atoms with Crippen LogP contribution in [0.5, 0.6) is 0 Å². The van der Waals surface area contributed by atoms with Gasteiger partial charge in [0.15, 0.2) is 0 Å². The van der Waals surface area contributed by atoms with Crippen LogP contribution in [0.15, 0.2) is 66.7 Å². The molecule has 0 spiro atoms. The Balaban J connectivity index is 1.45. The minimum atomic E-state index is -1.05. The zero-order valence-electron chi connectivity index (χ0n) is 24.3. The van der Waals surface area contributed by atoms with Gasteiger partial charge in [-0.15, -0.1) is 0 Å². The highest BCUT2D eigenvalue weighted by molar-refractivity contribution is 6.30. The minimum absolute atomic E-state index is 0.230. The van der Waals surface area contributed by atoms with E-state index in [1.807, 2.05) is 49.4 Å². The molecule has 0 aliphatic carbocycles. The number of amides is 4. The number of carbonyl (C=O) groups excluding carboxylic acids is 4. The average Bonchev–Trinajstić information content (AvgIpc) is 3.14. The highest BCUT2D eigenvalue weighted by Crippen LogP contribution is 2.33. The number of nitrogens with one attached hydrogen (secondary N) is 2. The van der Waals surface area contributed by atoms with Gasteiger partial charge < -0.3 is 26.2 Å². The second kappa shape index (κ2) is 13.6. The first-order valence-electron chi connectivity index (χ1n) is 14.9. The predicted molar refractivity (Wildman–Crippen MR) is 166 cm³/mol. The highest BCUT2D eigenvalue weighted by atomic mass is 35.5. The summed E-state index contributed by atoms with van der Waals surface area (Å²) < 4.78 is 0. The molecule has 4 unspecified atom stereocenters. The van der Waals surface area contributed by atoms with E-state index >= 15 is 0 Å². The SMILES string of the molecule is CC1CCN(C(Cc2cccc3ccccc23)C(N)=O)C(=O)C(c2cccc(Cl)c2)N1C(=O)CNC(=O)C1CCCCN1. The maximum Gasteiger partial charge on any atom is 0.250 e. The molecule has 2 heterocycles. The van der Waals surface area contributed by atoms with Gasteiger partial charge in [0.2, 0.25) is 17.7 Å². The summed E-state index contributed by atoms with van der Waals surface area (Å²) in [6, 6.07) is 17.9. The van der Waals surface area contributed by atoms with E-state index in [2.05, 4.69) is 10.6 Å². The molecule has 2 saturated heterocycles. The largest absolute Gasteiger partial charge is 0.368 e. The summed E-state index contributed by atoms with van der Waals surface area (Å²) >= 11 is 6.35. The van der Waals surface area contributed by atoms with Crippen molar-refractivity contribution in [2.75, 3.05) is 19.6 Å². The number of hydrogen-bond donors (Lipinski definition) is 3. The smallest absolute Gasteiger partial charge is 0.250 e. The summed E-state index contributed by atoms with van der Waals surface area (Å²) in [6.45, 7) is 2.62. The Morgan fingerprint density at radius 3 is 2.56 bits per heavy atom. The van der Waals surface area contributed by atoms with E-state index in [9.17, 15) is 19.2 Å². The molecule has 2 fully saturated rings. The van der Waals surface area contributed by atoms with Gasteiger partial charge in [0.1, 0.15) is 12.1 Å². The molecule has 9 nitrogen and oxygen atoms in total. The van der Waals surface area contributed by atoms with Gasteiger partial charge in [0.05, 0.1) is 12.6 Å². The van der Waals surface area contributed by atoms with Gasteiger partial charge in [-0.1, -0.05) is 72.6 Å². The van der Waals surface area contributed by atoms with Crippen LogP contribution in [0.1, 0.15) is 49.8 Å². The number of halogens is 1. The zero-order chi connectivity index (χ0) is 30.5. The summed E-state index contributed by atoms with van der Waals surface area (Å²) in [5.74, 6) is -1.65. The number of fused-ring (bicyclic) bond motifs is 1. The topological polar surface area (TPSA) is 125 Å². The monoisotopic (exact) mass is 603 g/mol. The molecular weight excluding hydrogens is 566 g/mol. The summed E-state index contributed by atoms with van der Waals surface area (Å²) in [7, 11) is 0. The first-order valence-corrected chi connectivity index (χ1v) is 15.3. The lowest BCUT2D eigenvalue weighted by Crippen LogP contribution is -2.54. The van der Waals surface area contributed by atoms with E-state index in [-0.39, 0.29) is 43.4 Å². The molecule has 10 heteroatoms. The van der Waals surface area contributed by atoms with E-state index in [4.69, 9.17) is 17.3 Å². The molecule has 0 saturated carbocycles. The second-order valence-corrected chi connectivity index (χ2v) is 11.8. The third-order valence-corrected chi connectivity index (χ3v) is 8.78. The molecule has 5 rings (SSSR count). The van der Waals surface area contributed by atoms with E-state index < -0.39 is 23.9 Å². The lowest BCUT2D eigenvalue weighted by molar-refractivity contribution is -0.148. The Hall–Kier alpha value is -3.95. The number of benzene rings is 3. The molecule has 4 amide bonds. The number of piperidine rings is 1. The van der Waals surface area contributed by atoms with Gasteiger partial charge in [-0.05, 0) is 66.8 Å². The predicted octanol–water partition coefficient (Wildman–Crippen LogP) is 3.34. The zero-order valence-corrected chi connectivity index (χ0v) is 25.1. The second-order valence-electron chi connectivity index (χ2n) is 11.4. The number of hydrogen-bond acceptors (Lipinski definition) is 5. The quantitative estimate of drug-likeness (QED) is 0.364. The Bertz CT molecular complexity index is 1500. The van der Waals surface area contributed by atoms with Crippen LogP contribution in [-0.2, 0) is 25.6 Å². The van der Waals surface area contributed by atoms with Crippen molar-refractivity contribution < 1.29 is 19.2 Å². The molecule has 43 heavy (non-hydrogen) atoms. The minimum Gasteiger partial charge on any atom is -0.368 e. The maximum absolute atomic E-state index is 14.5. The third kappa shape index (κ3) is 6.84. The van der Waals surface area contributed by atoms with Crippen molar-refractivity contribution in [2.45, 2.75) is 63.2 Å². The molecule has 0 bridgehead atoms. The van der Waals surface area contributed by atoms with Gasteiger partial charge in [-0.25, -0.2) is 0 Å². The van der Waals surface area contributed by atoms with Crippen LogP contribution in [0.2, 0.25) is 5.02 Å². The van der Waals surface area contributed by atoms with Gasteiger partial charge in [0.25, 0.3) is 5.91 Å². The van der Waals surface area contributed by atoms with Crippen molar-refractivity contribution >= 4 is 46.0 Å². The van der Waals surface area contributed by atoms with Crippen molar-refractivity contribution in [3.05, 3.63) is 82.9 Å². The van der Waals surface area contributed by atoms with E-state index in [1.165, 1.54) is 9.80 Å². The maximum atomic E-state index is 14.5. The number of carbonyl (C=O) groups is 4. The van der Waals surface area contributed by atoms with Crippen LogP contribution in [0.4, 0.5) is 0 Å². The fraction of sp³-hybridized carbons (Fsp3) is 0.394. The average molecular weight is 604 g/mol. The molecule has 0 radical (unpaired) electrons. The third-order valence-electron chi connectivity index (χ3n) is 8.55.